The van der Waals surface area contributed by atoms with Gasteiger partial charge in [-0.15, -0.1) is 0 Å². The van der Waals surface area contributed by atoms with E-state index in [1.54, 1.807) is 25.1 Å². The molecule has 0 saturated carbocycles. The van der Waals surface area contributed by atoms with E-state index in [4.69, 9.17) is 14.2 Å². The zero-order chi connectivity index (χ0) is 18.5. The minimum atomic E-state index is -0.335. The summed E-state index contributed by atoms with van der Waals surface area (Å²) in [6.07, 6.45) is 1.65. The molecule has 0 aliphatic carbocycles. The standard InChI is InChI=1S/C20H20N2O4/c1-24-16-8-4-14(5-9-16)19-20(15-6-10-17(25-2)11-7-15)22(13-21-19)12-18(23)26-3/h4-11,13H,12H2,1-3H3. The lowest BCUT2D eigenvalue weighted by Gasteiger charge is -2.11. The van der Waals surface area contributed by atoms with Gasteiger partial charge in [-0.3, -0.25) is 4.79 Å². The van der Waals surface area contributed by atoms with Gasteiger partial charge in [0, 0.05) is 11.1 Å². The Kier molecular flexibility index (Phi) is 5.22. The number of imidazole rings is 1. The van der Waals surface area contributed by atoms with Gasteiger partial charge in [-0.1, -0.05) is 0 Å². The monoisotopic (exact) mass is 352 g/mol. The highest BCUT2D eigenvalue weighted by Crippen LogP contribution is 2.33. The SMILES string of the molecule is COC(=O)Cn1cnc(-c2ccc(OC)cc2)c1-c1ccc(OC)cc1. The molecule has 0 saturated heterocycles. The second-order valence-electron chi connectivity index (χ2n) is 5.60. The Balaban J connectivity index is 2.09. The van der Waals surface area contributed by atoms with Gasteiger partial charge in [-0.25, -0.2) is 4.98 Å². The number of nitrogens with zero attached hydrogens (tertiary/aromatic N) is 2. The van der Waals surface area contributed by atoms with Crippen molar-refractivity contribution >= 4 is 5.97 Å². The van der Waals surface area contributed by atoms with Crippen molar-refractivity contribution in [2.75, 3.05) is 21.3 Å². The number of hydrogen-bond acceptors (Lipinski definition) is 5. The number of benzene rings is 2. The molecule has 1 aromatic heterocycles. The first kappa shape index (κ1) is 17.5. The number of hydrogen-bond donors (Lipinski definition) is 0. The van der Waals surface area contributed by atoms with Gasteiger partial charge >= 0.3 is 5.97 Å². The van der Waals surface area contributed by atoms with Crippen molar-refractivity contribution in [1.82, 2.24) is 9.55 Å². The van der Waals surface area contributed by atoms with E-state index in [9.17, 15) is 4.79 Å². The smallest absolute Gasteiger partial charge is 0.325 e. The molecule has 3 aromatic rings. The Labute approximate surface area is 152 Å². The van der Waals surface area contributed by atoms with Crippen molar-refractivity contribution in [2.45, 2.75) is 6.54 Å². The fourth-order valence-electron chi connectivity index (χ4n) is 2.72. The Hall–Kier alpha value is -3.28. The van der Waals surface area contributed by atoms with Gasteiger partial charge in [0.15, 0.2) is 0 Å². The average Bonchev–Trinajstić information content (AvgIpc) is 3.11. The molecule has 0 unspecified atom stereocenters. The van der Waals surface area contributed by atoms with Gasteiger partial charge in [0.2, 0.25) is 0 Å². The van der Waals surface area contributed by atoms with Crippen LogP contribution >= 0.6 is 0 Å². The molecule has 0 aliphatic heterocycles. The number of esters is 1. The Morgan fingerprint density at radius 2 is 1.42 bits per heavy atom. The number of carbonyl (C=O) groups excluding carboxylic acids is 1. The molecular weight excluding hydrogens is 332 g/mol. The summed E-state index contributed by atoms with van der Waals surface area (Å²) in [4.78, 5) is 16.3. The molecule has 6 nitrogen and oxygen atoms in total. The van der Waals surface area contributed by atoms with Crippen molar-refractivity contribution in [3.8, 4) is 34.0 Å². The Bertz CT molecular complexity index is 883. The molecule has 0 atom stereocenters. The topological polar surface area (TPSA) is 62.6 Å². The lowest BCUT2D eigenvalue weighted by molar-refractivity contribution is -0.141. The molecule has 6 heteroatoms. The molecule has 0 radical (unpaired) electrons. The van der Waals surface area contributed by atoms with Crippen molar-refractivity contribution in [3.63, 3.8) is 0 Å². The van der Waals surface area contributed by atoms with Gasteiger partial charge in [-0.2, -0.15) is 0 Å². The van der Waals surface area contributed by atoms with Gasteiger partial charge in [0.1, 0.15) is 18.0 Å². The Morgan fingerprint density at radius 3 is 1.92 bits per heavy atom. The zero-order valence-electron chi connectivity index (χ0n) is 14.9. The highest BCUT2D eigenvalue weighted by molar-refractivity contribution is 5.80. The molecule has 0 N–H and O–H groups in total. The summed E-state index contributed by atoms with van der Waals surface area (Å²) in [6, 6.07) is 15.3. The summed E-state index contributed by atoms with van der Waals surface area (Å²) in [5, 5.41) is 0. The molecule has 3 rings (SSSR count). The molecular formula is C20H20N2O4. The van der Waals surface area contributed by atoms with Gasteiger partial charge < -0.3 is 18.8 Å². The van der Waals surface area contributed by atoms with E-state index in [0.717, 1.165) is 34.0 Å². The predicted octanol–water partition coefficient (Wildman–Crippen LogP) is 3.41. The fraction of sp³-hybridized carbons (Fsp3) is 0.200. The minimum Gasteiger partial charge on any atom is -0.497 e. The normalized spacial score (nSPS) is 10.4. The molecule has 0 spiro atoms. The van der Waals surface area contributed by atoms with Crippen LogP contribution in [0.15, 0.2) is 54.9 Å². The molecule has 26 heavy (non-hydrogen) atoms. The van der Waals surface area contributed by atoms with Crippen LogP contribution in [0.1, 0.15) is 0 Å². The van der Waals surface area contributed by atoms with Gasteiger partial charge in [0.05, 0.1) is 39.0 Å². The van der Waals surface area contributed by atoms with Crippen molar-refractivity contribution in [3.05, 3.63) is 54.9 Å². The summed E-state index contributed by atoms with van der Waals surface area (Å²) in [6.45, 7) is 0.0843. The first-order chi connectivity index (χ1) is 12.7. The van der Waals surface area contributed by atoms with Crippen molar-refractivity contribution in [2.24, 2.45) is 0 Å². The third-order valence-corrected chi connectivity index (χ3v) is 4.09. The van der Waals surface area contributed by atoms with Crippen LogP contribution in [0.4, 0.5) is 0 Å². The highest BCUT2D eigenvalue weighted by Gasteiger charge is 2.17. The Morgan fingerprint density at radius 1 is 0.885 bits per heavy atom. The van der Waals surface area contributed by atoms with E-state index in [-0.39, 0.29) is 12.5 Å². The lowest BCUT2D eigenvalue weighted by Crippen LogP contribution is -2.11. The number of rotatable bonds is 6. The molecule has 0 aliphatic rings. The second-order valence-corrected chi connectivity index (χ2v) is 5.60. The van der Waals surface area contributed by atoms with E-state index in [2.05, 4.69) is 4.98 Å². The third-order valence-electron chi connectivity index (χ3n) is 4.09. The number of carbonyl (C=O) groups is 1. The van der Waals surface area contributed by atoms with Crippen LogP contribution in [0.2, 0.25) is 0 Å². The minimum absolute atomic E-state index is 0.0843. The predicted molar refractivity (Wildman–Crippen MR) is 98.2 cm³/mol. The third kappa shape index (κ3) is 3.54. The zero-order valence-corrected chi connectivity index (χ0v) is 14.9. The molecule has 0 amide bonds. The van der Waals surface area contributed by atoms with Crippen molar-refractivity contribution in [1.29, 1.82) is 0 Å². The highest BCUT2D eigenvalue weighted by atomic mass is 16.5. The molecule has 1 heterocycles. The average molecular weight is 352 g/mol. The second kappa shape index (κ2) is 7.74. The van der Waals surface area contributed by atoms with Crippen molar-refractivity contribution < 1.29 is 19.0 Å². The molecule has 134 valence electrons. The van der Waals surface area contributed by atoms with Crippen LogP contribution in [0, 0.1) is 0 Å². The van der Waals surface area contributed by atoms with E-state index in [1.165, 1.54) is 7.11 Å². The van der Waals surface area contributed by atoms with E-state index in [1.807, 2.05) is 48.5 Å². The number of aromatic nitrogens is 2. The van der Waals surface area contributed by atoms with E-state index < -0.39 is 0 Å². The van der Waals surface area contributed by atoms with E-state index in [0.29, 0.717) is 0 Å². The first-order valence-corrected chi connectivity index (χ1v) is 8.07. The number of ether oxygens (including phenoxy) is 3. The first-order valence-electron chi connectivity index (χ1n) is 8.07. The van der Waals surface area contributed by atoms with Crippen LogP contribution in [0.3, 0.4) is 0 Å². The molecule has 0 bridgehead atoms. The summed E-state index contributed by atoms with van der Waals surface area (Å²) in [5.74, 6) is 1.20. The maximum absolute atomic E-state index is 11.8. The van der Waals surface area contributed by atoms with Crippen LogP contribution < -0.4 is 9.47 Å². The number of methoxy groups -OCH3 is 3. The summed E-state index contributed by atoms with van der Waals surface area (Å²) >= 11 is 0. The summed E-state index contributed by atoms with van der Waals surface area (Å²) < 4.78 is 17.0. The van der Waals surface area contributed by atoms with Crippen LogP contribution in [-0.2, 0) is 16.1 Å². The maximum Gasteiger partial charge on any atom is 0.325 e. The lowest BCUT2D eigenvalue weighted by atomic mass is 10.0. The largest absolute Gasteiger partial charge is 0.497 e. The van der Waals surface area contributed by atoms with Crippen LogP contribution in [0.25, 0.3) is 22.5 Å². The fourth-order valence-corrected chi connectivity index (χ4v) is 2.72. The van der Waals surface area contributed by atoms with Gasteiger partial charge in [0.25, 0.3) is 0 Å². The summed E-state index contributed by atoms with van der Waals surface area (Å²) in [5.41, 5.74) is 3.48. The summed E-state index contributed by atoms with van der Waals surface area (Å²) in [7, 11) is 4.62. The maximum atomic E-state index is 11.8. The molecule has 2 aromatic carbocycles. The molecule has 0 fully saturated rings. The van der Waals surface area contributed by atoms with Crippen LogP contribution in [0.5, 0.6) is 11.5 Å². The van der Waals surface area contributed by atoms with Crippen LogP contribution in [-0.4, -0.2) is 36.8 Å². The van der Waals surface area contributed by atoms with Gasteiger partial charge in [-0.05, 0) is 48.5 Å². The van der Waals surface area contributed by atoms with E-state index >= 15 is 0 Å². The quantitative estimate of drug-likeness (QED) is 0.636.